The Balaban J connectivity index is 3.07. The highest BCUT2D eigenvalue weighted by Gasteiger charge is 2.13. The van der Waals surface area contributed by atoms with Gasteiger partial charge in [-0.2, -0.15) is 0 Å². The zero-order chi connectivity index (χ0) is 10.0. The van der Waals surface area contributed by atoms with Gasteiger partial charge in [0.25, 0.3) is 0 Å². The highest BCUT2D eigenvalue weighted by Crippen LogP contribution is 2.25. The number of carbonyl (C=O) groups excluding carboxylic acids is 1. The lowest BCUT2D eigenvalue weighted by Gasteiger charge is -2.07. The minimum atomic E-state index is -0.586. The van der Waals surface area contributed by atoms with Gasteiger partial charge in [-0.3, -0.25) is 4.79 Å². The minimum Gasteiger partial charge on any atom is -0.298 e. The number of Topliss-reactive ketones (excluding diaryl/α,β-unsaturated/α-hetero) is 1. The molecule has 0 amide bonds. The topological polar surface area (TPSA) is 17.1 Å². The Morgan fingerprint density at radius 1 is 1.38 bits per heavy atom. The second-order valence-electron chi connectivity index (χ2n) is 3.04. The van der Waals surface area contributed by atoms with E-state index in [1.807, 2.05) is 19.1 Å². The van der Waals surface area contributed by atoms with Crippen LogP contribution < -0.4 is 0 Å². The molecule has 1 rings (SSSR count). The van der Waals surface area contributed by atoms with Gasteiger partial charge in [0.2, 0.25) is 0 Å². The van der Waals surface area contributed by atoms with E-state index in [2.05, 4.69) is 0 Å². The number of benzene rings is 1. The summed E-state index contributed by atoms with van der Waals surface area (Å²) >= 11 is 11.7. The smallest absolute Gasteiger partial charge is 0.152 e. The average molecular weight is 217 g/mol. The normalized spacial score (nSPS) is 12.6. The molecule has 1 nitrogen and oxygen atoms in total. The van der Waals surface area contributed by atoms with Gasteiger partial charge >= 0.3 is 0 Å². The third-order valence-corrected chi connectivity index (χ3v) is 2.49. The summed E-state index contributed by atoms with van der Waals surface area (Å²) in [6.07, 6.45) is 0. The number of ketones is 1. The number of alkyl halides is 1. The SMILES string of the molecule is CC(=O)C(Cl)c1cc(C)cc(Cl)c1. The van der Waals surface area contributed by atoms with Crippen LogP contribution in [0.25, 0.3) is 0 Å². The Labute approximate surface area is 87.7 Å². The van der Waals surface area contributed by atoms with E-state index < -0.39 is 5.38 Å². The Morgan fingerprint density at radius 2 is 2.00 bits per heavy atom. The average Bonchev–Trinajstić information content (AvgIpc) is 2.01. The Morgan fingerprint density at radius 3 is 2.46 bits per heavy atom. The first kappa shape index (κ1) is 10.6. The number of hydrogen-bond acceptors (Lipinski definition) is 1. The molecule has 0 bridgehead atoms. The van der Waals surface area contributed by atoms with Crippen molar-refractivity contribution in [2.24, 2.45) is 0 Å². The van der Waals surface area contributed by atoms with E-state index in [1.54, 1.807) is 6.07 Å². The quantitative estimate of drug-likeness (QED) is 0.692. The van der Waals surface area contributed by atoms with Crippen molar-refractivity contribution < 1.29 is 4.79 Å². The van der Waals surface area contributed by atoms with Crippen molar-refractivity contribution in [1.29, 1.82) is 0 Å². The van der Waals surface area contributed by atoms with Crippen molar-refractivity contribution in [3.63, 3.8) is 0 Å². The molecule has 0 heterocycles. The van der Waals surface area contributed by atoms with E-state index in [1.165, 1.54) is 6.92 Å². The van der Waals surface area contributed by atoms with E-state index in [4.69, 9.17) is 23.2 Å². The van der Waals surface area contributed by atoms with E-state index in [9.17, 15) is 4.79 Å². The first-order chi connectivity index (χ1) is 6.00. The molecule has 0 aliphatic rings. The molecule has 0 N–H and O–H groups in total. The molecule has 13 heavy (non-hydrogen) atoms. The molecule has 1 atom stereocenters. The number of aryl methyl sites for hydroxylation is 1. The Kier molecular flexibility index (Phi) is 3.34. The van der Waals surface area contributed by atoms with Gasteiger partial charge in [-0.15, -0.1) is 11.6 Å². The van der Waals surface area contributed by atoms with Gasteiger partial charge in [-0.1, -0.05) is 17.7 Å². The molecule has 0 radical (unpaired) electrons. The summed E-state index contributed by atoms with van der Waals surface area (Å²) in [5, 5.41) is 0.0271. The van der Waals surface area contributed by atoms with Crippen molar-refractivity contribution in [2.45, 2.75) is 19.2 Å². The molecule has 0 saturated carbocycles. The Bertz CT molecular complexity index is 313. The lowest BCUT2D eigenvalue weighted by atomic mass is 10.1. The molecule has 1 unspecified atom stereocenters. The third-order valence-electron chi connectivity index (χ3n) is 1.71. The van der Waals surface area contributed by atoms with Gasteiger partial charge in [0.05, 0.1) is 0 Å². The number of hydrogen-bond donors (Lipinski definition) is 0. The maximum atomic E-state index is 11.0. The third kappa shape index (κ3) is 2.71. The Hall–Kier alpha value is -0.530. The molecular formula is C10H10Cl2O. The summed E-state index contributed by atoms with van der Waals surface area (Å²) in [4.78, 5) is 11.0. The van der Waals surface area contributed by atoms with E-state index in [0.29, 0.717) is 5.02 Å². The van der Waals surface area contributed by atoms with Crippen molar-refractivity contribution >= 4 is 29.0 Å². The van der Waals surface area contributed by atoms with Crippen LogP contribution >= 0.6 is 23.2 Å². The summed E-state index contributed by atoms with van der Waals surface area (Å²) < 4.78 is 0. The molecule has 3 heteroatoms. The standard InChI is InChI=1S/C10H10Cl2O/c1-6-3-8(5-9(11)4-6)10(12)7(2)13/h3-5,10H,1-2H3. The molecule has 0 aliphatic carbocycles. The zero-order valence-corrected chi connectivity index (χ0v) is 8.99. The first-order valence-corrected chi connectivity index (χ1v) is 4.74. The monoisotopic (exact) mass is 216 g/mol. The molecule has 0 aromatic heterocycles. The van der Waals surface area contributed by atoms with Crippen LogP contribution in [0.4, 0.5) is 0 Å². The molecule has 1 aromatic rings. The fourth-order valence-corrected chi connectivity index (χ4v) is 1.57. The molecule has 1 aromatic carbocycles. The highest BCUT2D eigenvalue weighted by molar-refractivity contribution is 6.32. The van der Waals surface area contributed by atoms with E-state index >= 15 is 0 Å². The predicted octanol–water partition coefficient (Wildman–Crippen LogP) is 3.52. The van der Waals surface area contributed by atoms with E-state index in [0.717, 1.165) is 11.1 Å². The van der Waals surface area contributed by atoms with Gasteiger partial charge < -0.3 is 0 Å². The molecular weight excluding hydrogens is 207 g/mol. The van der Waals surface area contributed by atoms with Crippen LogP contribution in [0.3, 0.4) is 0 Å². The second kappa shape index (κ2) is 4.12. The largest absolute Gasteiger partial charge is 0.298 e. The van der Waals surface area contributed by atoms with Gasteiger partial charge in [0.1, 0.15) is 5.38 Å². The van der Waals surface area contributed by atoms with Crippen LogP contribution in [0.5, 0.6) is 0 Å². The molecule has 0 spiro atoms. The second-order valence-corrected chi connectivity index (χ2v) is 3.91. The molecule has 70 valence electrons. The van der Waals surface area contributed by atoms with Gasteiger partial charge in [-0.05, 0) is 37.1 Å². The summed E-state index contributed by atoms with van der Waals surface area (Å²) in [5.41, 5.74) is 1.77. The van der Waals surface area contributed by atoms with Crippen LogP contribution in [0, 0.1) is 6.92 Å². The molecule has 0 fully saturated rings. The lowest BCUT2D eigenvalue weighted by Crippen LogP contribution is -2.01. The van der Waals surface area contributed by atoms with Crippen molar-refractivity contribution in [3.8, 4) is 0 Å². The van der Waals surface area contributed by atoms with Crippen LogP contribution in [0.2, 0.25) is 5.02 Å². The zero-order valence-electron chi connectivity index (χ0n) is 7.47. The van der Waals surface area contributed by atoms with Crippen LogP contribution in [0.1, 0.15) is 23.4 Å². The summed E-state index contributed by atoms with van der Waals surface area (Å²) in [6.45, 7) is 3.38. The first-order valence-electron chi connectivity index (χ1n) is 3.92. The van der Waals surface area contributed by atoms with Crippen LogP contribution in [0.15, 0.2) is 18.2 Å². The number of carbonyl (C=O) groups is 1. The summed E-state index contributed by atoms with van der Waals surface area (Å²) in [7, 11) is 0. The summed E-state index contributed by atoms with van der Waals surface area (Å²) in [6, 6.07) is 5.41. The molecule has 0 aliphatic heterocycles. The predicted molar refractivity (Wildman–Crippen MR) is 55.5 cm³/mol. The molecule has 0 saturated heterocycles. The van der Waals surface area contributed by atoms with Gasteiger partial charge in [0.15, 0.2) is 5.78 Å². The fourth-order valence-electron chi connectivity index (χ4n) is 1.15. The lowest BCUT2D eigenvalue weighted by molar-refractivity contribution is -0.116. The van der Waals surface area contributed by atoms with Crippen LogP contribution in [-0.2, 0) is 4.79 Å². The van der Waals surface area contributed by atoms with Crippen molar-refractivity contribution in [2.75, 3.05) is 0 Å². The maximum absolute atomic E-state index is 11.0. The highest BCUT2D eigenvalue weighted by atomic mass is 35.5. The number of halogens is 2. The van der Waals surface area contributed by atoms with Gasteiger partial charge in [0, 0.05) is 5.02 Å². The van der Waals surface area contributed by atoms with Crippen LogP contribution in [-0.4, -0.2) is 5.78 Å². The van der Waals surface area contributed by atoms with Crippen molar-refractivity contribution in [3.05, 3.63) is 34.3 Å². The van der Waals surface area contributed by atoms with Gasteiger partial charge in [-0.25, -0.2) is 0 Å². The fraction of sp³-hybridized carbons (Fsp3) is 0.300. The summed E-state index contributed by atoms with van der Waals surface area (Å²) in [5.74, 6) is -0.0664. The van der Waals surface area contributed by atoms with Crippen molar-refractivity contribution in [1.82, 2.24) is 0 Å². The van der Waals surface area contributed by atoms with E-state index in [-0.39, 0.29) is 5.78 Å². The minimum absolute atomic E-state index is 0.0664. The number of rotatable bonds is 2. The maximum Gasteiger partial charge on any atom is 0.152 e.